The average molecular weight is 191 g/mol. The lowest BCUT2D eigenvalue weighted by molar-refractivity contribution is 0.614. The molecule has 0 saturated carbocycles. The molecular weight excluding hydrogens is 174 g/mol. The minimum atomic E-state index is 0.761. The summed E-state index contributed by atoms with van der Waals surface area (Å²) < 4.78 is 0. The molecule has 1 aromatic rings. The van der Waals surface area contributed by atoms with Gasteiger partial charge in [-0.3, -0.25) is 0 Å². The number of anilines is 1. The van der Waals surface area contributed by atoms with Crippen LogP contribution in [0.4, 0.5) is 5.82 Å². The maximum absolute atomic E-state index is 4.40. The molecule has 1 aliphatic heterocycles. The van der Waals surface area contributed by atoms with E-state index in [4.69, 9.17) is 0 Å². The largest absolute Gasteiger partial charge is 0.370 e. The molecule has 0 aliphatic carbocycles. The Morgan fingerprint density at radius 2 is 2.50 bits per heavy atom. The monoisotopic (exact) mass is 191 g/mol. The van der Waals surface area contributed by atoms with Crippen LogP contribution in [0.3, 0.4) is 0 Å². The zero-order valence-electron chi connectivity index (χ0n) is 8.59. The third kappa shape index (κ3) is 2.45. The van der Waals surface area contributed by atoms with Gasteiger partial charge in [-0.15, -0.1) is 0 Å². The van der Waals surface area contributed by atoms with Crippen molar-refractivity contribution in [1.29, 1.82) is 0 Å². The van der Waals surface area contributed by atoms with Crippen molar-refractivity contribution >= 4 is 5.82 Å². The van der Waals surface area contributed by atoms with Crippen molar-refractivity contribution in [2.24, 2.45) is 5.92 Å². The first-order valence-electron chi connectivity index (χ1n) is 5.23. The molecule has 1 saturated heterocycles. The summed E-state index contributed by atoms with van der Waals surface area (Å²) in [6, 6.07) is 6.08. The Balaban J connectivity index is 1.85. The molecule has 1 unspecified atom stereocenters. The predicted molar refractivity (Wildman–Crippen MR) is 58.4 cm³/mol. The molecule has 3 heteroatoms. The minimum Gasteiger partial charge on any atom is -0.370 e. The van der Waals surface area contributed by atoms with Gasteiger partial charge in [-0.1, -0.05) is 6.07 Å². The van der Waals surface area contributed by atoms with Gasteiger partial charge >= 0.3 is 0 Å². The zero-order valence-corrected chi connectivity index (χ0v) is 8.59. The van der Waals surface area contributed by atoms with Crippen molar-refractivity contribution in [2.45, 2.75) is 13.3 Å². The molecule has 0 amide bonds. The summed E-state index contributed by atoms with van der Waals surface area (Å²) in [5.74, 6) is 1.76. The van der Waals surface area contributed by atoms with Crippen molar-refractivity contribution in [3.63, 3.8) is 0 Å². The van der Waals surface area contributed by atoms with Crippen molar-refractivity contribution < 1.29 is 0 Å². The van der Waals surface area contributed by atoms with Crippen LogP contribution in [0.1, 0.15) is 12.1 Å². The number of pyridine rings is 1. The third-order valence-electron chi connectivity index (χ3n) is 2.62. The number of hydrogen-bond donors (Lipinski definition) is 2. The summed E-state index contributed by atoms with van der Waals surface area (Å²) in [4.78, 5) is 4.40. The maximum atomic E-state index is 4.40. The first-order chi connectivity index (χ1) is 6.84. The van der Waals surface area contributed by atoms with E-state index < -0.39 is 0 Å². The van der Waals surface area contributed by atoms with E-state index in [9.17, 15) is 0 Å². The number of rotatable bonds is 3. The van der Waals surface area contributed by atoms with Gasteiger partial charge in [-0.05, 0) is 44.5 Å². The highest BCUT2D eigenvalue weighted by atomic mass is 15.0. The van der Waals surface area contributed by atoms with Crippen molar-refractivity contribution in [1.82, 2.24) is 10.3 Å². The fourth-order valence-electron chi connectivity index (χ4n) is 1.78. The Bertz CT molecular complexity index is 292. The van der Waals surface area contributed by atoms with Crippen molar-refractivity contribution in [3.05, 3.63) is 23.9 Å². The molecule has 76 valence electrons. The SMILES string of the molecule is Cc1cccc(NCC2CCNC2)n1. The average Bonchev–Trinajstić information content (AvgIpc) is 2.67. The zero-order chi connectivity index (χ0) is 9.80. The summed E-state index contributed by atoms with van der Waals surface area (Å²) in [5.41, 5.74) is 1.07. The first kappa shape index (κ1) is 9.46. The molecule has 14 heavy (non-hydrogen) atoms. The number of aryl methyl sites for hydroxylation is 1. The second-order valence-corrected chi connectivity index (χ2v) is 3.90. The van der Waals surface area contributed by atoms with Crippen LogP contribution >= 0.6 is 0 Å². The van der Waals surface area contributed by atoms with E-state index in [1.54, 1.807) is 0 Å². The summed E-state index contributed by atoms with van der Waals surface area (Å²) in [5, 5.41) is 6.74. The molecule has 2 rings (SSSR count). The quantitative estimate of drug-likeness (QED) is 0.758. The Hall–Kier alpha value is -1.09. The molecule has 1 aliphatic rings. The second kappa shape index (κ2) is 4.42. The summed E-state index contributed by atoms with van der Waals surface area (Å²) in [6.45, 7) is 5.35. The van der Waals surface area contributed by atoms with Gasteiger partial charge in [0.2, 0.25) is 0 Å². The second-order valence-electron chi connectivity index (χ2n) is 3.90. The summed E-state index contributed by atoms with van der Waals surface area (Å²) in [7, 11) is 0. The van der Waals surface area contributed by atoms with Crippen LogP contribution in [-0.4, -0.2) is 24.6 Å². The fraction of sp³-hybridized carbons (Fsp3) is 0.545. The highest BCUT2D eigenvalue weighted by Gasteiger charge is 2.13. The number of nitrogens with one attached hydrogen (secondary N) is 2. The first-order valence-corrected chi connectivity index (χ1v) is 5.23. The molecule has 2 heterocycles. The van der Waals surface area contributed by atoms with Crippen LogP contribution < -0.4 is 10.6 Å². The van der Waals surface area contributed by atoms with Gasteiger partial charge in [0.05, 0.1) is 0 Å². The Kier molecular flexibility index (Phi) is 2.99. The molecule has 0 aromatic carbocycles. The fourth-order valence-corrected chi connectivity index (χ4v) is 1.78. The Morgan fingerprint density at radius 1 is 1.57 bits per heavy atom. The smallest absolute Gasteiger partial charge is 0.126 e. The molecule has 2 N–H and O–H groups in total. The molecule has 3 nitrogen and oxygen atoms in total. The van der Waals surface area contributed by atoms with Crippen molar-refractivity contribution in [2.75, 3.05) is 25.0 Å². The lowest BCUT2D eigenvalue weighted by Crippen LogP contribution is -2.17. The Labute approximate surface area is 84.9 Å². The van der Waals surface area contributed by atoms with Crippen LogP contribution in [-0.2, 0) is 0 Å². The van der Waals surface area contributed by atoms with E-state index in [1.807, 2.05) is 25.1 Å². The van der Waals surface area contributed by atoms with Gasteiger partial charge in [0, 0.05) is 12.2 Å². The van der Waals surface area contributed by atoms with E-state index in [0.29, 0.717) is 0 Å². The molecule has 1 atom stereocenters. The standard InChI is InChI=1S/C11H17N3/c1-9-3-2-4-11(14-9)13-8-10-5-6-12-7-10/h2-4,10,12H,5-8H2,1H3,(H,13,14). The lowest BCUT2D eigenvalue weighted by Gasteiger charge is -2.10. The van der Waals surface area contributed by atoms with Crippen LogP contribution in [0.15, 0.2) is 18.2 Å². The number of hydrogen-bond acceptors (Lipinski definition) is 3. The molecule has 0 bridgehead atoms. The number of aromatic nitrogens is 1. The molecule has 0 radical (unpaired) electrons. The molecule has 0 spiro atoms. The number of nitrogens with zero attached hydrogens (tertiary/aromatic N) is 1. The van der Waals surface area contributed by atoms with E-state index in [2.05, 4.69) is 15.6 Å². The van der Waals surface area contributed by atoms with Gasteiger partial charge in [0.1, 0.15) is 5.82 Å². The summed E-state index contributed by atoms with van der Waals surface area (Å²) in [6.07, 6.45) is 1.28. The van der Waals surface area contributed by atoms with Gasteiger partial charge < -0.3 is 10.6 Å². The third-order valence-corrected chi connectivity index (χ3v) is 2.62. The maximum Gasteiger partial charge on any atom is 0.126 e. The topological polar surface area (TPSA) is 37.0 Å². The lowest BCUT2D eigenvalue weighted by atomic mass is 10.1. The van der Waals surface area contributed by atoms with Gasteiger partial charge in [0.15, 0.2) is 0 Å². The van der Waals surface area contributed by atoms with Gasteiger partial charge in [0.25, 0.3) is 0 Å². The van der Waals surface area contributed by atoms with Gasteiger partial charge in [-0.25, -0.2) is 4.98 Å². The van der Waals surface area contributed by atoms with Crippen LogP contribution in [0.25, 0.3) is 0 Å². The normalized spacial score (nSPS) is 21.1. The van der Waals surface area contributed by atoms with E-state index in [-0.39, 0.29) is 0 Å². The molecule has 1 aromatic heterocycles. The highest BCUT2D eigenvalue weighted by Crippen LogP contribution is 2.09. The summed E-state index contributed by atoms with van der Waals surface area (Å²) >= 11 is 0. The van der Waals surface area contributed by atoms with Crippen LogP contribution in [0, 0.1) is 12.8 Å². The van der Waals surface area contributed by atoms with E-state index in [1.165, 1.54) is 6.42 Å². The predicted octanol–water partition coefficient (Wildman–Crippen LogP) is 1.41. The van der Waals surface area contributed by atoms with Gasteiger partial charge in [-0.2, -0.15) is 0 Å². The minimum absolute atomic E-state index is 0.761. The Morgan fingerprint density at radius 3 is 3.21 bits per heavy atom. The van der Waals surface area contributed by atoms with Crippen LogP contribution in [0.5, 0.6) is 0 Å². The molecule has 1 fully saturated rings. The highest BCUT2D eigenvalue weighted by molar-refractivity contribution is 5.35. The van der Waals surface area contributed by atoms with Crippen LogP contribution in [0.2, 0.25) is 0 Å². The molecular formula is C11H17N3. The van der Waals surface area contributed by atoms with E-state index in [0.717, 1.165) is 37.1 Å². The van der Waals surface area contributed by atoms with Crippen molar-refractivity contribution in [3.8, 4) is 0 Å². The van der Waals surface area contributed by atoms with E-state index >= 15 is 0 Å².